The van der Waals surface area contributed by atoms with Crippen LogP contribution in [0.3, 0.4) is 0 Å². The number of hydrogen-bond acceptors (Lipinski definition) is 3. The number of carbonyl (C=O) groups excluding carboxylic acids is 1. The number of halogens is 1. The van der Waals surface area contributed by atoms with Crippen LogP contribution in [0, 0.1) is 0 Å². The smallest absolute Gasteiger partial charge is 0.237 e. The molecule has 0 aromatic carbocycles. The Morgan fingerprint density at radius 2 is 2.05 bits per heavy atom. The Labute approximate surface area is 124 Å². The third-order valence-electron chi connectivity index (χ3n) is 3.02. The maximum atomic E-state index is 12.0. The van der Waals surface area contributed by atoms with Gasteiger partial charge in [0.15, 0.2) is 0 Å². The molecule has 0 bridgehead atoms. The summed E-state index contributed by atoms with van der Waals surface area (Å²) in [6.07, 6.45) is 2.09. The van der Waals surface area contributed by atoms with Gasteiger partial charge in [-0.25, -0.2) is 0 Å². The van der Waals surface area contributed by atoms with E-state index >= 15 is 0 Å². The van der Waals surface area contributed by atoms with E-state index in [1.165, 1.54) is 0 Å². The number of thiophene rings is 1. The van der Waals surface area contributed by atoms with Gasteiger partial charge in [-0.1, -0.05) is 24.9 Å². The van der Waals surface area contributed by atoms with Crippen molar-refractivity contribution in [3.05, 3.63) is 21.3 Å². The second kappa shape index (κ2) is 7.88. The Balaban J connectivity index is 2.45. The molecule has 0 aliphatic rings. The molecular formula is C14H23ClN2OS. The quantitative estimate of drug-likeness (QED) is 0.805. The lowest BCUT2D eigenvalue weighted by Gasteiger charge is -2.21. The van der Waals surface area contributed by atoms with Crippen LogP contribution < -0.4 is 10.6 Å². The van der Waals surface area contributed by atoms with E-state index < -0.39 is 0 Å². The highest BCUT2D eigenvalue weighted by atomic mass is 35.5. The lowest BCUT2D eigenvalue weighted by molar-refractivity contribution is -0.123. The standard InChI is InChI=1S/C14H23ClN2OS/c1-5-6-9(2)16-14(18)11(4)17-10(3)12-7-8-13(15)19-12/h7-11,17H,5-6H2,1-4H3,(H,16,18). The molecule has 3 nitrogen and oxygen atoms in total. The van der Waals surface area contributed by atoms with Gasteiger partial charge in [0.05, 0.1) is 10.4 Å². The summed E-state index contributed by atoms with van der Waals surface area (Å²) in [7, 11) is 0. The van der Waals surface area contributed by atoms with Crippen LogP contribution in [0.2, 0.25) is 4.34 Å². The molecule has 0 saturated heterocycles. The molecule has 0 saturated carbocycles. The van der Waals surface area contributed by atoms with Crippen molar-refractivity contribution in [2.45, 2.75) is 58.7 Å². The SMILES string of the molecule is CCCC(C)NC(=O)C(C)NC(C)c1ccc(Cl)s1. The third kappa shape index (κ3) is 5.51. The van der Waals surface area contributed by atoms with Gasteiger partial charge in [-0.2, -0.15) is 0 Å². The Hall–Kier alpha value is -0.580. The van der Waals surface area contributed by atoms with Gasteiger partial charge in [-0.05, 0) is 39.3 Å². The summed E-state index contributed by atoms with van der Waals surface area (Å²) in [5, 5.41) is 6.31. The number of hydrogen-bond donors (Lipinski definition) is 2. The van der Waals surface area contributed by atoms with Gasteiger partial charge in [-0.15, -0.1) is 11.3 Å². The van der Waals surface area contributed by atoms with Crippen molar-refractivity contribution >= 4 is 28.8 Å². The minimum absolute atomic E-state index is 0.0513. The normalized spacial score (nSPS) is 15.8. The van der Waals surface area contributed by atoms with E-state index in [4.69, 9.17) is 11.6 Å². The molecule has 0 aliphatic carbocycles. The summed E-state index contributed by atoms with van der Waals surface area (Å²) in [5.41, 5.74) is 0. The zero-order chi connectivity index (χ0) is 14.4. The number of nitrogens with one attached hydrogen (secondary N) is 2. The van der Waals surface area contributed by atoms with Gasteiger partial charge in [0.2, 0.25) is 5.91 Å². The highest BCUT2D eigenvalue weighted by molar-refractivity contribution is 7.16. The molecule has 1 heterocycles. The van der Waals surface area contributed by atoms with Crippen molar-refractivity contribution < 1.29 is 4.79 Å². The Bertz CT molecular complexity index is 408. The molecule has 3 atom stereocenters. The molecular weight excluding hydrogens is 280 g/mol. The molecule has 3 unspecified atom stereocenters. The van der Waals surface area contributed by atoms with E-state index in [9.17, 15) is 4.79 Å². The predicted octanol–water partition coefficient (Wildman–Crippen LogP) is 3.75. The van der Waals surface area contributed by atoms with Crippen molar-refractivity contribution in [1.29, 1.82) is 0 Å². The first kappa shape index (κ1) is 16.5. The molecule has 0 spiro atoms. The summed E-state index contributed by atoms with van der Waals surface area (Å²) >= 11 is 7.46. The van der Waals surface area contributed by atoms with Crippen LogP contribution in [0.5, 0.6) is 0 Å². The number of carbonyl (C=O) groups is 1. The van der Waals surface area contributed by atoms with Gasteiger partial charge < -0.3 is 5.32 Å². The van der Waals surface area contributed by atoms with E-state index in [1.54, 1.807) is 11.3 Å². The van der Waals surface area contributed by atoms with Crippen molar-refractivity contribution in [3.8, 4) is 0 Å². The zero-order valence-electron chi connectivity index (χ0n) is 12.0. The average Bonchev–Trinajstić information content (AvgIpc) is 2.76. The fourth-order valence-corrected chi connectivity index (χ4v) is 3.04. The number of rotatable bonds is 7. The van der Waals surface area contributed by atoms with Gasteiger partial charge in [0, 0.05) is 17.0 Å². The average molecular weight is 303 g/mol. The maximum Gasteiger partial charge on any atom is 0.237 e. The first-order valence-corrected chi connectivity index (χ1v) is 7.95. The molecule has 1 rings (SSSR count). The number of amides is 1. The highest BCUT2D eigenvalue weighted by Gasteiger charge is 2.18. The van der Waals surface area contributed by atoms with E-state index in [-0.39, 0.29) is 24.0 Å². The van der Waals surface area contributed by atoms with E-state index in [1.807, 2.05) is 32.9 Å². The second-order valence-corrected chi connectivity index (χ2v) is 6.70. The summed E-state index contributed by atoms with van der Waals surface area (Å²) in [6, 6.07) is 4.02. The van der Waals surface area contributed by atoms with Crippen molar-refractivity contribution in [2.24, 2.45) is 0 Å². The van der Waals surface area contributed by atoms with Crippen molar-refractivity contribution in [2.75, 3.05) is 0 Å². The van der Waals surface area contributed by atoms with Crippen LogP contribution in [-0.4, -0.2) is 18.0 Å². The second-order valence-electron chi connectivity index (χ2n) is 4.95. The monoisotopic (exact) mass is 302 g/mol. The zero-order valence-corrected chi connectivity index (χ0v) is 13.6. The first-order chi connectivity index (χ1) is 8.93. The van der Waals surface area contributed by atoms with Crippen molar-refractivity contribution in [1.82, 2.24) is 10.6 Å². The molecule has 2 N–H and O–H groups in total. The fraction of sp³-hybridized carbons (Fsp3) is 0.643. The molecule has 19 heavy (non-hydrogen) atoms. The molecule has 0 aliphatic heterocycles. The molecule has 1 aromatic rings. The van der Waals surface area contributed by atoms with Crippen LogP contribution in [0.25, 0.3) is 0 Å². The minimum atomic E-state index is -0.213. The Morgan fingerprint density at radius 3 is 2.58 bits per heavy atom. The summed E-state index contributed by atoms with van der Waals surface area (Å²) < 4.78 is 0.775. The third-order valence-corrected chi connectivity index (χ3v) is 4.44. The lowest BCUT2D eigenvalue weighted by Crippen LogP contribution is -2.46. The molecule has 108 valence electrons. The predicted molar refractivity (Wildman–Crippen MR) is 82.9 cm³/mol. The van der Waals surface area contributed by atoms with Gasteiger partial charge >= 0.3 is 0 Å². The van der Waals surface area contributed by atoms with E-state index in [0.717, 1.165) is 22.1 Å². The fourth-order valence-electron chi connectivity index (χ4n) is 1.97. The topological polar surface area (TPSA) is 41.1 Å². The van der Waals surface area contributed by atoms with Gasteiger partial charge in [-0.3, -0.25) is 10.1 Å². The summed E-state index contributed by atoms with van der Waals surface area (Å²) in [5.74, 6) is 0.0513. The van der Waals surface area contributed by atoms with Gasteiger partial charge in [0.25, 0.3) is 0 Å². The van der Waals surface area contributed by atoms with Crippen molar-refractivity contribution in [3.63, 3.8) is 0 Å². The largest absolute Gasteiger partial charge is 0.352 e. The molecule has 0 fully saturated rings. The molecule has 1 amide bonds. The summed E-state index contributed by atoms with van der Waals surface area (Å²) in [6.45, 7) is 8.09. The van der Waals surface area contributed by atoms with E-state index in [0.29, 0.717) is 0 Å². The van der Waals surface area contributed by atoms with Crippen LogP contribution in [0.4, 0.5) is 0 Å². The lowest BCUT2D eigenvalue weighted by atomic mass is 10.1. The molecule has 5 heteroatoms. The maximum absolute atomic E-state index is 12.0. The minimum Gasteiger partial charge on any atom is -0.352 e. The Kier molecular flexibility index (Phi) is 6.83. The van der Waals surface area contributed by atoms with Crippen LogP contribution in [-0.2, 0) is 4.79 Å². The van der Waals surface area contributed by atoms with Crippen LogP contribution >= 0.6 is 22.9 Å². The van der Waals surface area contributed by atoms with Crippen LogP contribution in [0.1, 0.15) is 51.5 Å². The summed E-state index contributed by atoms with van der Waals surface area (Å²) in [4.78, 5) is 13.1. The molecule has 1 aromatic heterocycles. The highest BCUT2D eigenvalue weighted by Crippen LogP contribution is 2.26. The van der Waals surface area contributed by atoms with Crippen LogP contribution in [0.15, 0.2) is 12.1 Å². The first-order valence-electron chi connectivity index (χ1n) is 6.75. The van der Waals surface area contributed by atoms with Gasteiger partial charge in [0.1, 0.15) is 0 Å². The Morgan fingerprint density at radius 1 is 1.37 bits per heavy atom. The van der Waals surface area contributed by atoms with E-state index in [2.05, 4.69) is 17.6 Å². The molecule has 0 radical (unpaired) electrons.